The second-order valence-electron chi connectivity index (χ2n) is 5.76. The number of nitrogens with zero attached hydrogens (tertiary/aromatic N) is 1. The maximum Gasteiger partial charge on any atom is 0.162 e. The molecule has 3 nitrogen and oxygen atoms in total. The summed E-state index contributed by atoms with van der Waals surface area (Å²) in [5.41, 5.74) is 4.98. The molecule has 0 fully saturated rings. The zero-order chi connectivity index (χ0) is 16.6. The number of hydrogen-bond acceptors (Lipinski definition) is 2. The first-order valence-electron chi connectivity index (χ1n) is 7.89. The highest BCUT2D eigenvalue weighted by Gasteiger charge is 2.20. The average Bonchev–Trinajstić information content (AvgIpc) is 2.81. The lowest BCUT2D eigenvalue weighted by atomic mass is 10.1. The quantitative estimate of drug-likeness (QED) is 0.645. The van der Waals surface area contributed by atoms with Gasteiger partial charge < -0.3 is 9.30 Å². The van der Waals surface area contributed by atoms with E-state index in [1.165, 1.54) is 0 Å². The van der Waals surface area contributed by atoms with Crippen molar-refractivity contribution in [1.29, 1.82) is 0 Å². The molecule has 1 aromatic heterocycles. The van der Waals surface area contributed by atoms with Crippen molar-refractivity contribution >= 4 is 16.7 Å². The second-order valence-corrected chi connectivity index (χ2v) is 5.76. The molecule has 0 amide bonds. The summed E-state index contributed by atoms with van der Waals surface area (Å²) in [7, 11) is 0. The Morgan fingerprint density at radius 3 is 2.43 bits per heavy atom. The summed E-state index contributed by atoms with van der Waals surface area (Å²) < 4.78 is 7.83. The number of ketones is 1. The summed E-state index contributed by atoms with van der Waals surface area (Å²) >= 11 is 0. The number of fused-ring (bicyclic) bond motifs is 1. The lowest BCUT2D eigenvalue weighted by Gasteiger charge is -2.11. The number of hydrogen-bond donors (Lipinski definition) is 0. The van der Waals surface area contributed by atoms with E-state index in [1.807, 2.05) is 44.2 Å². The minimum absolute atomic E-state index is 0.0789. The van der Waals surface area contributed by atoms with Gasteiger partial charge in [-0.2, -0.15) is 0 Å². The van der Waals surface area contributed by atoms with Crippen LogP contribution in [0.4, 0.5) is 0 Å². The van der Waals surface area contributed by atoms with Crippen molar-refractivity contribution in [3.05, 3.63) is 59.3 Å². The monoisotopic (exact) mass is 307 g/mol. The van der Waals surface area contributed by atoms with Gasteiger partial charge in [0.15, 0.2) is 5.78 Å². The van der Waals surface area contributed by atoms with Gasteiger partial charge in [0.25, 0.3) is 0 Å². The summed E-state index contributed by atoms with van der Waals surface area (Å²) in [5, 5.41) is 0.960. The standard InChI is InChI=1S/C20H21NO2/c1-5-23-17-11-13(2)20-18(12-17)19(15(4)22)14(3)21(20)16-9-7-6-8-10-16/h6-12H,5H2,1-4H3. The largest absolute Gasteiger partial charge is 0.494 e. The number of carbonyl (C=O) groups is 1. The van der Waals surface area contributed by atoms with E-state index in [1.54, 1.807) is 6.92 Å². The van der Waals surface area contributed by atoms with Crippen molar-refractivity contribution < 1.29 is 9.53 Å². The first-order valence-corrected chi connectivity index (χ1v) is 7.89. The van der Waals surface area contributed by atoms with E-state index in [-0.39, 0.29) is 5.78 Å². The summed E-state index contributed by atoms with van der Waals surface area (Å²) in [6.45, 7) is 8.27. The number of para-hydroxylation sites is 1. The molecule has 0 saturated heterocycles. The molecular weight excluding hydrogens is 286 g/mol. The topological polar surface area (TPSA) is 31.2 Å². The molecule has 0 bridgehead atoms. The van der Waals surface area contributed by atoms with Crippen LogP contribution < -0.4 is 4.74 Å². The van der Waals surface area contributed by atoms with Gasteiger partial charge in [-0.25, -0.2) is 0 Å². The van der Waals surface area contributed by atoms with E-state index < -0.39 is 0 Å². The third kappa shape index (κ3) is 2.52. The van der Waals surface area contributed by atoms with Crippen LogP contribution in [0.25, 0.3) is 16.6 Å². The van der Waals surface area contributed by atoms with Crippen LogP contribution in [0.15, 0.2) is 42.5 Å². The van der Waals surface area contributed by atoms with E-state index >= 15 is 0 Å². The summed E-state index contributed by atoms with van der Waals surface area (Å²) in [6.07, 6.45) is 0. The Bertz CT molecular complexity index is 876. The van der Waals surface area contributed by atoms with Crippen LogP contribution in [0.1, 0.15) is 35.5 Å². The number of ether oxygens (including phenoxy) is 1. The first-order chi connectivity index (χ1) is 11.0. The van der Waals surface area contributed by atoms with Gasteiger partial charge in [0.1, 0.15) is 5.75 Å². The van der Waals surface area contributed by atoms with Gasteiger partial charge in [-0.15, -0.1) is 0 Å². The number of aromatic nitrogens is 1. The van der Waals surface area contributed by atoms with Crippen molar-refractivity contribution in [2.45, 2.75) is 27.7 Å². The summed E-state index contributed by atoms with van der Waals surface area (Å²) in [5.74, 6) is 0.889. The Morgan fingerprint density at radius 1 is 1.13 bits per heavy atom. The zero-order valence-corrected chi connectivity index (χ0v) is 14.0. The Kier molecular flexibility index (Phi) is 3.95. The Labute approximate surface area is 136 Å². The number of rotatable bonds is 4. The molecule has 118 valence electrons. The normalized spacial score (nSPS) is 11.0. The molecule has 0 N–H and O–H groups in total. The fourth-order valence-electron chi connectivity index (χ4n) is 3.30. The predicted octanol–water partition coefficient (Wildman–Crippen LogP) is 4.85. The molecule has 0 aliphatic carbocycles. The molecule has 3 heteroatoms. The molecule has 1 heterocycles. The molecule has 0 atom stereocenters. The molecule has 3 rings (SSSR count). The van der Waals surface area contributed by atoms with Crippen LogP contribution in [-0.2, 0) is 0 Å². The van der Waals surface area contributed by atoms with E-state index in [4.69, 9.17) is 4.74 Å². The molecule has 0 aliphatic heterocycles. The number of carbonyl (C=O) groups excluding carboxylic acids is 1. The Hall–Kier alpha value is -2.55. The molecule has 0 aliphatic rings. The van der Waals surface area contributed by atoms with Gasteiger partial charge in [-0.1, -0.05) is 18.2 Å². The van der Waals surface area contributed by atoms with Crippen molar-refractivity contribution in [2.75, 3.05) is 6.61 Å². The molecular formula is C20H21NO2. The van der Waals surface area contributed by atoms with Crippen molar-refractivity contribution in [1.82, 2.24) is 4.57 Å². The molecule has 0 unspecified atom stereocenters. The lowest BCUT2D eigenvalue weighted by molar-refractivity contribution is 0.101. The van der Waals surface area contributed by atoms with Crippen LogP contribution in [0, 0.1) is 13.8 Å². The third-order valence-corrected chi connectivity index (χ3v) is 4.14. The number of Topliss-reactive ketones (excluding diaryl/α,β-unsaturated/α-hetero) is 1. The first kappa shape index (κ1) is 15.3. The molecule has 0 radical (unpaired) electrons. The minimum atomic E-state index is 0.0789. The molecule has 0 spiro atoms. The van der Waals surface area contributed by atoms with Crippen LogP contribution in [0.5, 0.6) is 5.75 Å². The minimum Gasteiger partial charge on any atom is -0.494 e. The number of benzene rings is 2. The van der Waals surface area contributed by atoms with E-state index in [2.05, 4.69) is 23.6 Å². The van der Waals surface area contributed by atoms with Crippen LogP contribution >= 0.6 is 0 Å². The van der Waals surface area contributed by atoms with Gasteiger partial charge in [0.2, 0.25) is 0 Å². The SMILES string of the molecule is CCOc1cc(C)c2c(c1)c(C(C)=O)c(C)n2-c1ccccc1. The number of aryl methyl sites for hydroxylation is 1. The van der Waals surface area contributed by atoms with Gasteiger partial charge in [0.05, 0.1) is 12.1 Å². The van der Waals surface area contributed by atoms with Gasteiger partial charge >= 0.3 is 0 Å². The lowest BCUT2D eigenvalue weighted by Crippen LogP contribution is -2.00. The zero-order valence-electron chi connectivity index (χ0n) is 14.0. The van der Waals surface area contributed by atoms with Crippen molar-refractivity contribution in [3.8, 4) is 11.4 Å². The van der Waals surface area contributed by atoms with Crippen molar-refractivity contribution in [3.63, 3.8) is 0 Å². The van der Waals surface area contributed by atoms with Gasteiger partial charge in [-0.3, -0.25) is 4.79 Å². The highest BCUT2D eigenvalue weighted by Crippen LogP contribution is 2.34. The van der Waals surface area contributed by atoms with Crippen LogP contribution in [-0.4, -0.2) is 17.0 Å². The summed E-state index contributed by atoms with van der Waals surface area (Å²) in [4.78, 5) is 12.3. The maximum absolute atomic E-state index is 12.3. The van der Waals surface area contributed by atoms with Crippen LogP contribution in [0.3, 0.4) is 0 Å². The van der Waals surface area contributed by atoms with Gasteiger partial charge in [-0.05, 0) is 57.5 Å². The molecule has 2 aromatic carbocycles. The molecule has 23 heavy (non-hydrogen) atoms. The maximum atomic E-state index is 12.3. The Balaban J connectivity index is 2.42. The third-order valence-electron chi connectivity index (χ3n) is 4.14. The highest BCUT2D eigenvalue weighted by molar-refractivity contribution is 6.10. The van der Waals surface area contributed by atoms with E-state index in [0.29, 0.717) is 6.61 Å². The van der Waals surface area contributed by atoms with Gasteiger partial charge in [0, 0.05) is 22.3 Å². The molecule has 0 saturated carbocycles. The highest BCUT2D eigenvalue weighted by atomic mass is 16.5. The summed E-state index contributed by atoms with van der Waals surface area (Å²) in [6, 6.07) is 14.2. The smallest absolute Gasteiger partial charge is 0.162 e. The average molecular weight is 307 g/mol. The second kappa shape index (κ2) is 5.92. The molecule has 3 aromatic rings. The fourth-order valence-corrected chi connectivity index (χ4v) is 3.30. The Morgan fingerprint density at radius 2 is 1.83 bits per heavy atom. The van der Waals surface area contributed by atoms with Crippen molar-refractivity contribution in [2.24, 2.45) is 0 Å². The fraction of sp³-hybridized carbons (Fsp3) is 0.250. The van der Waals surface area contributed by atoms with E-state index in [9.17, 15) is 4.79 Å². The van der Waals surface area contributed by atoms with E-state index in [0.717, 1.165) is 39.2 Å². The predicted molar refractivity (Wildman–Crippen MR) is 93.9 cm³/mol. The van der Waals surface area contributed by atoms with Crippen LogP contribution in [0.2, 0.25) is 0 Å².